The SMILES string of the molecule is COCCCC(C(=O)O)(C(=O)O)[C@@H]1c2ccccc2C[C@H]1N.Cl. The molecule has 2 atom stereocenters. The van der Waals surface area contributed by atoms with E-state index < -0.39 is 29.3 Å². The molecule has 2 rings (SSSR count). The topological polar surface area (TPSA) is 110 Å². The molecule has 0 saturated heterocycles. The zero-order valence-corrected chi connectivity index (χ0v) is 13.7. The summed E-state index contributed by atoms with van der Waals surface area (Å²) in [6.45, 7) is 0.311. The number of benzene rings is 1. The van der Waals surface area contributed by atoms with Gasteiger partial charge in [-0.05, 0) is 30.4 Å². The Morgan fingerprint density at radius 3 is 2.48 bits per heavy atom. The van der Waals surface area contributed by atoms with Crippen LogP contribution in [0.2, 0.25) is 0 Å². The van der Waals surface area contributed by atoms with Gasteiger partial charge in [-0.15, -0.1) is 12.4 Å². The first-order chi connectivity index (χ1) is 10.4. The lowest BCUT2D eigenvalue weighted by Crippen LogP contribution is -2.49. The minimum Gasteiger partial charge on any atom is -0.480 e. The first kappa shape index (κ1) is 19.4. The van der Waals surface area contributed by atoms with E-state index in [1.54, 1.807) is 12.1 Å². The third-order valence-electron chi connectivity index (χ3n) is 4.49. The van der Waals surface area contributed by atoms with E-state index in [0.29, 0.717) is 19.4 Å². The van der Waals surface area contributed by atoms with E-state index >= 15 is 0 Å². The summed E-state index contributed by atoms with van der Waals surface area (Å²) in [6, 6.07) is 6.77. The van der Waals surface area contributed by atoms with Crippen molar-refractivity contribution in [3.8, 4) is 0 Å². The largest absolute Gasteiger partial charge is 0.480 e. The fourth-order valence-electron chi connectivity index (χ4n) is 3.48. The number of hydrogen-bond donors (Lipinski definition) is 3. The number of ether oxygens (including phenoxy) is 1. The molecule has 1 aromatic rings. The van der Waals surface area contributed by atoms with Crippen LogP contribution in [-0.2, 0) is 20.7 Å². The molecule has 6 nitrogen and oxygen atoms in total. The zero-order chi connectivity index (χ0) is 16.3. The maximum atomic E-state index is 11.9. The van der Waals surface area contributed by atoms with Crippen molar-refractivity contribution in [3.05, 3.63) is 35.4 Å². The van der Waals surface area contributed by atoms with Crippen LogP contribution < -0.4 is 5.73 Å². The van der Waals surface area contributed by atoms with Gasteiger partial charge < -0.3 is 20.7 Å². The molecular formula is C16H22ClNO5. The normalized spacial score (nSPS) is 19.7. The van der Waals surface area contributed by atoms with Crippen LogP contribution in [0.4, 0.5) is 0 Å². The number of hydrogen-bond acceptors (Lipinski definition) is 4. The Morgan fingerprint density at radius 2 is 1.91 bits per heavy atom. The number of aliphatic carboxylic acids is 2. The number of carbonyl (C=O) groups is 2. The number of nitrogens with two attached hydrogens (primary N) is 1. The third-order valence-corrected chi connectivity index (χ3v) is 4.49. The van der Waals surface area contributed by atoms with Gasteiger partial charge in [0.1, 0.15) is 0 Å². The predicted molar refractivity (Wildman–Crippen MR) is 86.9 cm³/mol. The van der Waals surface area contributed by atoms with Gasteiger partial charge in [0.25, 0.3) is 0 Å². The molecule has 1 aliphatic rings. The van der Waals surface area contributed by atoms with Gasteiger partial charge in [0, 0.05) is 25.7 Å². The summed E-state index contributed by atoms with van der Waals surface area (Å²) in [6.07, 6.45) is 0.826. The number of carboxylic acid groups (broad SMARTS) is 2. The Bertz CT molecular complexity index is 563. The monoisotopic (exact) mass is 343 g/mol. The van der Waals surface area contributed by atoms with Gasteiger partial charge in [0.05, 0.1) is 0 Å². The molecule has 0 heterocycles. The summed E-state index contributed by atoms with van der Waals surface area (Å²) in [5.41, 5.74) is 5.87. The summed E-state index contributed by atoms with van der Waals surface area (Å²) >= 11 is 0. The molecule has 0 fully saturated rings. The van der Waals surface area contributed by atoms with Crippen LogP contribution in [0.3, 0.4) is 0 Å². The molecular weight excluding hydrogens is 322 g/mol. The van der Waals surface area contributed by atoms with Crippen molar-refractivity contribution in [1.29, 1.82) is 0 Å². The zero-order valence-electron chi connectivity index (χ0n) is 12.9. The van der Waals surface area contributed by atoms with Crippen molar-refractivity contribution in [3.63, 3.8) is 0 Å². The fraction of sp³-hybridized carbons (Fsp3) is 0.500. The molecule has 0 saturated carbocycles. The first-order valence-corrected chi connectivity index (χ1v) is 7.24. The van der Waals surface area contributed by atoms with Crippen LogP contribution in [0, 0.1) is 5.41 Å². The average molecular weight is 344 g/mol. The quantitative estimate of drug-likeness (QED) is 0.513. The Hall–Kier alpha value is -1.63. The van der Waals surface area contributed by atoms with Gasteiger partial charge in [-0.3, -0.25) is 9.59 Å². The fourth-order valence-corrected chi connectivity index (χ4v) is 3.48. The van der Waals surface area contributed by atoms with Gasteiger partial charge in [-0.1, -0.05) is 24.3 Å². The van der Waals surface area contributed by atoms with Crippen LogP contribution in [0.25, 0.3) is 0 Å². The molecule has 0 radical (unpaired) electrons. The third kappa shape index (κ3) is 3.34. The molecule has 0 aromatic heterocycles. The number of rotatable bonds is 7. The van der Waals surface area contributed by atoms with Crippen LogP contribution in [0.5, 0.6) is 0 Å². The van der Waals surface area contributed by atoms with E-state index in [2.05, 4.69) is 0 Å². The highest BCUT2D eigenvalue weighted by atomic mass is 35.5. The molecule has 0 spiro atoms. The average Bonchev–Trinajstić information content (AvgIpc) is 2.79. The van der Waals surface area contributed by atoms with E-state index in [1.807, 2.05) is 12.1 Å². The molecule has 4 N–H and O–H groups in total. The highest BCUT2D eigenvalue weighted by Crippen LogP contribution is 2.48. The lowest BCUT2D eigenvalue weighted by atomic mass is 9.68. The second-order valence-corrected chi connectivity index (χ2v) is 5.72. The van der Waals surface area contributed by atoms with Crippen molar-refractivity contribution in [2.24, 2.45) is 11.1 Å². The van der Waals surface area contributed by atoms with Crippen LogP contribution >= 0.6 is 12.4 Å². The van der Waals surface area contributed by atoms with Gasteiger partial charge in [0.15, 0.2) is 5.41 Å². The second kappa shape index (κ2) is 7.77. The van der Waals surface area contributed by atoms with E-state index in [-0.39, 0.29) is 18.8 Å². The minimum absolute atomic E-state index is 0. The van der Waals surface area contributed by atoms with E-state index in [9.17, 15) is 19.8 Å². The molecule has 0 aliphatic heterocycles. The van der Waals surface area contributed by atoms with Crippen LogP contribution in [0.1, 0.15) is 29.9 Å². The molecule has 1 aliphatic carbocycles. The molecule has 0 unspecified atom stereocenters. The molecule has 0 amide bonds. The second-order valence-electron chi connectivity index (χ2n) is 5.72. The summed E-state index contributed by atoms with van der Waals surface area (Å²) in [5, 5.41) is 19.4. The lowest BCUT2D eigenvalue weighted by Gasteiger charge is -2.34. The summed E-state index contributed by atoms with van der Waals surface area (Å²) < 4.78 is 4.94. The Balaban J connectivity index is 0.00000264. The molecule has 0 bridgehead atoms. The van der Waals surface area contributed by atoms with E-state index in [0.717, 1.165) is 11.1 Å². The van der Waals surface area contributed by atoms with Gasteiger partial charge >= 0.3 is 11.9 Å². The maximum absolute atomic E-state index is 11.9. The van der Waals surface area contributed by atoms with Crippen molar-refractivity contribution in [2.75, 3.05) is 13.7 Å². The lowest BCUT2D eigenvalue weighted by molar-refractivity contribution is -0.168. The van der Waals surface area contributed by atoms with Crippen molar-refractivity contribution >= 4 is 24.3 Å². The number of carboxylic acids is 2. The van der Waals surface area contributed by atoms with Gasteiger partial charge in [-0.2, -0.15) is 0 Å². The van der Waals surface area contributed by atoms with Crippen molar-refractivity contribution < 1.29 is 24.5 Å². The predicted octanol–water partition coefficient (Wildman–Crippen LogP) is 1.66. The minimum atomic E-state index is -1.93. The molecule has 7 heteroatoms. The molecule has 23 heavy (non-hydrogen) atoms. The van der Waals surface area contributed by atoms with Crippen LogP contribution in [-0.4, -0.2) is 41.9 Å². The summed E-state index contributed by atoms with van der Waals surface area (Å²) in [4.78, 5) is 23.8. The Kier molecular flexibility index (Phi) is 6.56. The number of methoxy groups -OCH3 is 1. The van der Waals surface area contributed by atoms with Crippen molar-refractivity contribution in [1.82, 2.24) is 0 Å². The highest BCUT2D eigenvalue weighted by molar-refractivity contribution is 6.00. The standard InChI is InChI=1S/C16H21NO5.ClH/c1-22-8-4-7-16(14(18)19,15(20)21)13-11-6-3-2-5-10(11)9-12(13)17;/h2-3,5-6,12-13H,4,7-9,17H2,1H3,(H,18,19)(H,20,21);1H/t12-,13-;/m1./s1. The van der Waals surface area contributed by atoms with E-state index in [1.165, 1.54) is 7.11 Å². The molecule has 1 aromatic carbocycles. The summed E-state index contributed by atoms with van der Waals surface area (Å²) in [7, 11) is 1.50. The first-order valence-electron chi connectivity index (χ1n) is 7.24. The van der Waals surface area contributed by atoms with Gasteiger partial charge in [-0.25, -0.2) is 0 Å². The highest BCUT2D eigenvalue weighted by Gasteiger charge is 2.57. The smallest absolute Gasteiger partial charge is 0.321 e. The Labute approximate surface area is 141 Å². The van der Waals surface area contributed by atoms with Crippen LogP contribution in [0.15, 0.2) is 24.3 Å². The van der Waals surface area contributed by atoms with Gasteiger partial charge in [0.2, 0.25) is 0 Å². The number of halogens is 1. The van der Waals surface area contributed by atoms with Crippen molar-refractivity contribution in [2.45, 2.75) is 31.2 Å². The number of fused-ring (bicyclic) bond motifs is 1. The summed E-state index contributed by atoms with van der Waals surface area (Å²) in [5.74, 6) is -3.42. The maximum Gasteiger partial charge on any atom is 0.321 e. The Morgan fingerprint density at radius 1 is 1.30 bits per heavy atom. The molecule has 128 valence electrons. The van der Waals surface area contributed by atoms with E-state index in [4.69, 9.17) is 10.5 Å².